The van der Waals surface area contributed by atoms with Crippen LogP contribution in [0.5, 0.6) is 0 Å². The van der Waals surface area contributed by atoms with Crippen molar-refractivity contribution < 1.29 is 44.8 Å². The van der Waals surface area contributed by atoms with Crippen molar-refractivity contribution in [2.24, 2.45) is 0 Å². The molecule has 0 aliphatic rings. The maximum Gasteiger partial charge on any atom is 2.00 e. The molecule has 0 bridgehead atoms. The van der Waals surface area contributed by atoms with E-state index in [9.17, 15) is 0 Å². The van der Waals surface area contributed by atoms with Gasteiger partial charge in [-0.05, 0) is 0 Å². The minimum atomic E-state index is 0. The van der Waals surface area contributed by atoms with E-state index in [0.717, 1.165) is 0 Å². The summed E-state index contributed by atoms with van der Waals surface area (Å²) in [6.07, 6.45) is 0. The Morgan fingerprint density at radius 2 is 1.00 bits per heavy atom. The van der Waals surface area contributed by atoms with E-state index in [1.165, 1.54) is 0 Å². The van der Waals surface area contributed by atoms with Crippen molar-refractivity contribution >= 4 is 10.1 Å². The summed E-state index contributed by atoms with van der Waals surface area (Å²) < 4.78 is 0. The summed E-state index contributed by atoms with van der Waals surface area (Å²) in [6, 6.07) is 0. The first-order chi connectivity index (χ1) is 0. The second kappa shape index (κ2) is 32.9. The van der Waals surface area contributed by atoms with Crippen molar-refractivity contribution in [1.29, 1.82) is 0 Å². The molecule has 0 aromatic rings. The third kappa shape index (κ3) is 11.4. The van der Waals surface area contributed by atoms with Crippen molar-refractivity contribution in [1.82, 2.24) is 0 Å². The molecule has 0 saturated heterocycles. The molecular formula is H7BeNaO2. The van der Waals surface area contributed by atoms with Crippen LogP contribution >= 0.6 is 0 Å². The quantitative estimate of drug-likeness (QED) is 0.258. The Hall–Kier alpha value is 1.09. The van der Waals surface area contributed by atoms with Gasteiger partial charge in [0.1, 0.15) is 0 Å². The van der Waals surface area contributed by atoms with Crippen LogP contribution in [0.1, 0.15) is 4.28 Å². The van der Waals surface area contributed by atoms with Gasteiger partial charge >= 0.3 is 39.7 Å². The largest absolute Gasteiger partial charge is 2.00 e. The van der Waals surface area contributed by atoms with Crippen molar-refractivity contribution in [3.63, 3.8) is 0 Å². The van der Waals surface area contributed by atoms with Crippen molar-refractivity contribution in [2.45, 2.75) is 0 Å². The second-order valence-corrected chi connectivity index (χ2v) is 0. The fourth-order valence-corrected chi connectivity index (χ4v) is 0. The molecule has 0 rings (SSSR count). The van der Waals surface area contributed by atoms with Gasteiger partial charge in [0.25, 0.3) is 0 Å². The van der Waals surface area contributed by atoms with Gasteiger partial charge in [-0.3, -0.25) is 0 Å². The number of hydrogen-bond donors (Lipinski definition) is 0. The molecule has 0 atom stereocenters. The molecule has 0 aromatic heterocycles. The van der Waals surface area contributed by atoms with Crippen LogP contribution < -0.4 is 29.6 Å². The zero-order valence-corrected chi connectivity index (χ0v) is 4.71. The maximum atomic E-state index is 0. The van der Waals surface area contributed by atoms with E-state index in [-0.39, 0.29) is 54.9 Å². The first-order valence-corrected chi connectivity index (χ1v) is 0. The van der Waals surface area contributed by atoms with Gasteiger partial charge in [0.15, 0.2) is 0 Å². The Balaban J connectivity index is 0. The molecule has 0 aromatic carbocycles. The summed E-state index contributed by atoms with van der Waals surface area (Å²) in [5.74, 6) is 0. The molecule has 0 unspecified atom stereocenters. The molecule has 0 heterocycles. The van der Waals surface area contributed by atoms with Crippen LogP contribution in [-0.2, 0) is 0 Å². The molecular weight excluding hydrogens is 64.0 g/mol. The summed E-state index contributed by atoms with van der Waals surface area (Å²) in [6.45, 7) is 0. The Labute approximate surface area is 55.2 Å². The van der Waals surface area contributed by atoms with Gasteiger partial charge in [0, 0.05) is 0 Å². The minimum Gasteiger partial charge on any atom is -1.00 e. The molecule has 0 spiro atoms. The van der Waals surface area contributed by atoms with E-state index in [2.05, 4.69) is 0 Å². The normalized spacial score (nSPS) is 0. The number of hydrogen-bond acceptors (Lipinski definition) is 0. The molecule has 0 aliphatic carbocycles. The summed E-state index contributed by atoms with van der Waals surface area (Å²) in [7, 11) is 0. The third-order valence-electron chi connectivity index (χ3n) is 0. The Bertz CT molecular complexity index is 12.9. The average Bonchev–Trinajstić information content (AvgIpc) is 0. The molecule has 2 nitrogen and oxygen atoms in total. The molecule has 0 aliphatic heterocycles. The smallest absolute Gasteiger partial charge is 1.00 e. The van der Waals surface area contributed by atoms with Crippen LogP contribution in [0.15, 0.2) is 0 Å². The van der Waals surface area contributed by atoms with Crippen LogP contribution in [0.3, 0.4) is 0 Å². The Kier molecular flexibility index (Phi) is 590. The predicted octanol–water partition coefficient (Wildman–Crippen LogP) is -4.69. The van der Waals surface area contributed by atoms with Crippen LogP contribution in [-0.4, -0.2) is 21.1 Å². The van der Waals surface area contributed by atoms with Gasteiger partial charge in [-0.25, -0.2) is 0 Å². The zero-order chi connectivity index (χ0) is 0. The SMILES string of the molecule is O.O.[Be+2].[H-].[H-].[H-].[Na+]. The molecule has 4 heteroatoms. The van der Waals surface area contributed by atoms with Gasteiger partial charge < -0.3 is 15.2 Å². The Morgan fingerprint density at radius 1 is 1.00 bits per heavy atom. The van der Waals surface area contributed by atoms with E-state index in [0.29, 0.717) is 0 Å². The fourth-order valence-electron chi connectivity index (χ4n) is 0. The molecule has 4 N–H and O–H groups in total. The fraction of sp³-hybridized carbons (Fsp3) is 0. The van der Waals surface area contributed by atoms with E-state index in [1.807, 2.05) is 0 Å². The van der Waals surface area contributed by atoms with Gasteiger partial charge in [0.2, 0.25) is 0 Å². The van der Waals surface area contributed by atoms with E-state index in [4.69, 9.17) is 0 Å². The predicted molar refractivity (Wildman–Crippen MR) is 16.3 cm³/mol. The molecule has 22 valence electrons. The van der Waals surface area contributed by atoms with E-state index < -0.39 is 0 Å². The maximum absolute atomic E-state index is 0. The minimum absolute atomic E-state index is 0. The molecule has 4 heavy (non-hydrogen) atoms. The first-order valence-electron chi connectivity index (χ1n) is 0. The monoisotopic (exact) mass is 71.0 g/mol. The van der Waals surface area contributed by atoms with E-state index >= 15 is 0 Å². The second-order valence-electron chi connectivity index (χ2n) is 0. The summed E-state index contributed by atoms with van der Waals surface area (Å²) in [4.78, 5) is 0. The summed E-state index contributed by atoms with van der Waals surface area (Å²) >= 11 is 0. The van der Waals surface area contributed by atoms with Crippen LogP contribution in [0.4, 0.5) is 0 Å². The van der Waals surface area contributed by atoms with E-state index in [1.54, 1.807) is 0 Å². The standard InChI is InChI=1S/Be.Na.2H2O.3H/h;;2*1H2;;;/q+2;+1;;;3*-1. The Morgan fingerprint density at radius 3 is 1.00 bits per heavy atom. The number of rotatable bonds is 0. The van der Waals surface area contributed by atoms with Gasteiger partial charge in [-0.2, -0.15) is 0 Å². The summed E-state index contributed by atoms with van der Waals surface area (Å²) in [5.41, 5.74) is 0. The van der Waals surface area contributed by atoms with Crippen molar-refractivity contribution in [3.8, 4) is 0 Å². The zero-order valence-electron chi connectivity index (χ0n) is 5.71. The summed E-state index contributed by atoms with van der Waals surface area (Å²) in [5, 5.41) is 0. The van der Waals surface area contributed by atoms with Crippen LogP contribution in [0.25, 0.3) is 0 Å². The molecule has 0 radical (unpaired) electrons. The average molecular weight is 71.1 g/mol. The van der Waals surface area contributed by atoms with Gasteiger partial charge in [0.05, 0.1) is 0 Å². The van der Waals surface area contributed by atoms with Crippen LogP contribution in [0, 0.1) is 0 Å². The van der Waals surface area contributed by atoms with Crippen molar-refractivity contribution in [3.05, 3.63) is 0 Å². The molecule has 0 fully saturated rings. The van der Waals surface area contributed by atoms with Crippen molar-refractivity contribution in [2.75, 3.05) is 0 Å². The van der Waals surface area contributed by atoms with Gasteiger partial charge in [-0.1, -0.05) is 0 Å². The molecule has 0 amide bonds. The third-order valence-corrected chi connectivity index (χ3v) is 0. The van der Waals surface area contributed by atoms with Crippen LogP contribution in [0.2, 0.25) is 0 Å². The van der Waals surface area contributed by atoms with Gasteiger partial charge in [-0.15, -0.1) is 0 Å². The molecule has 0 saturated carbocycles. The first kappa shape index (κ1) is 71.8. The topological polar surface area (TPSA) is 63.0 Å².